The van der Waals surface area contributed by atoms with Gasteiger partial charge in [0.15, 0.2) is 0 Å². The average Bonchev–Trinajstić information content (AvgIpc) is 2.74. The molecule has 2 heterocycles. The molecule has 0 aromatic carbocycles. The molecule has 0 aliphatic carbocycles. The van der Waals surface area contributed by atoms with Crippen LogP contribution in [0.5, 0.6) is 0 Å². The first-order chi connectivity index (χ1) is 8.69. The molecule has 6 heteroatoms. The first-order valence-electron chi connectivity index (χ1n) is 5.77. The molecule has 0 saturated heterocycles. The van der Waals surface area contributed by atoms with Crippen LogP contribution in [0.4, 0.5) is 0 Å². The highest BCUT2D eigenvalue weighted by Crippen LogP contribution is 2.28. The Morgan fingerprint density at radius 3 is 2.94 bits per heavy atom. The average molecular weight is 266 g/mol. The number of pyridine rings is 1. The molecule has 0 radical (unpaired) electrons. The zero-order chi connectivity index (χ0) is 13.1. The van der Waals surface area contributed by atoms with Gasteiger partial charge in [-0.05, 0) is 25.5 Å². The third-order valence-electron chi connectivity index (χ3n) is 2.90. The van der Waals surface area contributed by atoms with Crippen molar-refractivity contribution in [2.24, 2.45) is 5.84 Å². The Hall–Kier alpha value is -1.43. The lowest BCUT2D eigenvalue weighted by molar-refractivity contribution is 0.534. The van der Waals surface area contributed by atoms with Gasteiger partial charge >= 0.3 is 0 Å². The van der Waals surface area contributed by atoms with E-state index in [-0.39, 0.29) is 6.04 Å². The molecule has 0 fully saturated rings. The summed E-state index contributed by atoms with van der Waals surface area (Å²) >= 11 is 6.19. The fourth-order valence-corrected chi connectivity index (χ4v) is 2.25. The van der Waals surface area contributed by atoms with Crippen LogP contribution in [0.25, 0.3) is 0 Å². The van der Waals surface area contributed by atoms with E-state index in [1.165, 1.54) is 0 Å². The molecule has 0 saturated carbocycles. The van der Waals surface area contributed by atoms with Crippen LogP contribution < -0.4 is 11.3 Å². The number of hydrogen-bond donors (Lipinski definition) is 2. The van der Waals surface area contributed by atoms with Crippen LogP contribution in [-0.4, -0.2) is 14.8 Å². The number of hydrogen-bond acceptors (Lipinski definition) is 4. The van der Waals surface area contributed by atoms with Crippen LogP contribution in [-0.2, 0) is 6.54 Å². The van der Waals surface area contributed by atoms with Gasteiger partial charge in [0, 0.05) is 12.7 Å². The van der Waals surface area contributed by atoms with E-state index in [4.69, 9.17) is 17.4 Å². The Morgan fingerprint density at radius 2 is 2.33 bits per heavy atom. The first kappa shape index (κ1) is 13.0. The van der Waals surface area contributed by atoms with Gasteiger partial charge < -0.3 is 0 Å². The Balaban J connectivity index is 2.52. The first-order valence-corrected chi connectivity index (χ1v) is 6.15. The summed E-state index contributed by atoms with van der Waals surface area (Å²) in [7, 11) is 0. The van der Waals surface area contributed by atoms with E-state index >= 15 is 0 Å². The third-order valence-corrected chi connectivity index (χ3v) is 3.19. The number of nitrogens with zero attached hydrogens (tertiary/aromatic N) is 3. The zero-order valence-corrected chi connectivity index (χ0v) is 11.1. The van der Waals surface area contributed by atoms with Crippen molar-refractivity contribution in [3.05, 3.63) is 46.5 Å². The van der Waals surface area contributed by atoms with Crippen LogP contribution in [0.1, 0.15) is 29.9 Å². The maximum atomic E-state index is 6.19. The maximum Gasteiger partial charge on any atom is 0.107 e. The molecule has 0 bridgehead atoms. The smallest absolute Gasteiger partial charge is 0.107 e. The van der Waals surface area contributed by atoms with Crippen molar-refractivity contribution in [1.82, 2.24) is 20.2 Å². The van der Waals surface area contributed by atoms with Crippen LogP contribution in [0.3, 0.4) is 0 Å². The number of aryl methyl sites for hydroxylation is 2. The molecule has 18 heavy (non-hydrogen) atoms. The summed E-state index contributed by atoms with van der Waals surface area (Å²) in [6.45, 7) is 4.73. The monoisotopic (exact) mass is 265 g/mol. The Morgan fingerprint density at radius 1 is 1.56 bits per heavy atom. The molecule has 0 aliphatic rings. The SMILES string of the molecule is CCn1ncc(Cl)c1C(NN)c1ncccc1C. The van der Waals surface area contributed by atoms with Gasteiger partial charge in [0.05, 0.1) is 22.6 Å². The summed E-state index contributed by atoms with van der Waals surface area (Å²) in [5.74, 6) is 5.67. The number of halogens is 1. The standard InChI is InChI=1S/C12H16ClN5/c1-3-18-12(9(13)7-16-18)11(17-14)10-8(2)5-4-6-15-10/h4-7,11,17H,3,14H2,1-2H3. The molecule has 2 aromatic rings. The van der Waals surface area contributed by atoms with Gasteiger partial charge in [-0.25, -0.2) is 5.43 Å². The van der Waals surface area contributed by atoms with E-state index in [0.717, 1.165) is 23.5 Å². The Labute approximate surface area is 111 Å². The number of hydrazine groups is 1. The highest BCUT2D eigenvalue weighted by Gasteiger charge is 2.23. The van der Waals surface area contributed by atoms with Crippen LogP contribution in [0.15, 0.2) is 24.5 Å². The molecule has 0 amide bonds. The fourth-order valence-electron chi connectivity index (χ4n) is 2.00. The van der Waals surface area contributed by atoms with Crippen LogP contribution in [0.2, 0.25) is 5.02 Å². The molecule has 0 aliphatic heterocycles. The predicted octanol–water partition coefficient (Wildman–Crippen LogP) is 1.81. The number of nitrogens with one attached hydrogen (secondary N) is 1. The molecule has 2 aromatic heterocycles. The predicted molar refractivity (Wildman–Crippen MR) is 71.1 cm³/mol. The van der Waals surface area contributed by atoms with Crippen LogP contribution in [0, 0.1) is 6.92 Å². The summed E-state index contributed by atoms with van der Waals surface area (Å²) in [6, 6.07) is 3.62. The number of rotatable bonds is 4. The minimum Gasteiger partial charge on any atom is -0.270 e. The quantitative estimate of drug-likeness (QED) is 0.654. The molecular formula is C12H16ClN5. The lowest BCUT2D eigenvalue weighted by Gasteiger charge is -2.19. The van der Waals surface area contributed by atoms with E-state index in [1.54, 1.807) is 12.4 Å². The highest BCUT2D eigenvalue weighted by atomic mass is 35.5. The largest absolute Gasteiger partial charge is 0.270 e. The van der Waals surface area contributed by atoms with Gasteiger partial charge in [-0.2, -0.15) is 5.10 Å². The molecule has 5 nitrogen and oxygen atoms in total. The normalized spacial score (nSPS) is 12.7. The summed E-state index contributed by atoms with van der Waals surface area (Å²) in [5.41, 5.74) is 5.52. The second kappa shape index (κ2) is 5.48. The lowest BCUT2D eigenvalue weighted by atomic mass is 10.1. The summed E-state index contributed by atoms with van der Waals surface area (Å²) in [6.07, 6.45) is 3.37. The Kier molecular flexibility index (Phi) is 3.96. The van der Waals surface area contributed by atoms with Gasteiger partial charge in [0.2, 0.25) is 0 Å². The number of aromatic nitrogens is 3. The lowest BCUT2D eigenvalue weighted by Crippen LogP contribution is -2.32. The summed E-state index contributed by atoms with van der Waals surface area (Å²) in [5, 5.41) is 4.81. The molecule has 2 rings (SSSR count). The molecule has 1 atom stereocenters. The molecular weight excluding hydrogens is 250 g/mol. The van der Waals surface area contributed by atoms with Gasteiger partial charge in [-0.1, -0.05) is 17.7 Å². The molecule has 0 spiro atoms. The topological polar surface area (TPSA) is 68.8 Å². The second-order valence-corrected chi connectivity index (χ2v) is 4.41. The minimum atomic E-state index is -0.263. The van der Waals surface area contributed by atoms with Crippen molar-refractivity contribution in [2.45, 2.75) is 26.4 Å². The molecule has 3 N–H and O–H groups in total. The van der Waals surface area contributed by atoms with Crippen LogP contribution >= 0.6 is 11.6 Å². The van der Waals surface area contributed by atoms with Gasteiger partial charge in [-0.3, -0.25) is 15.5 Å². The van der Waals surface area contributed by atoms with Crippen molar-refractivity contribution in [3.8, 4) is 0 Å². The highest BCUT2D eigenvalue weighted by molar-refractivity contribution is 6.31. The van der Waals surface area contributed by atoms with Crippen molar-refractivity contribution >= 4 is 11.6 Å². The zero-order valence-electron chi connectivity index (χ0n) is 10.4. The van der Waals surface area contributed by atoms with E-state index in [0.29, 0.717) is 5.02 Å². The van der Waals surface area contributed by atoms with Gasteiger partial charge in [0.25, 0.3) is 0 Å². The Bertz CT molecular complexity index is 537. The molecule has 1 unspecified atom stereocenters. The van der Waals surface area contributed by atoms with Crippen molar-refractivity contribution in [3.63, 3.8) is 0 Å². The van der Waals surface area contributed by atoms with Gasteiger partial charge in [-0.15, -0.1) is 0 Å². The van der Waals surface area contributed by atoms with E-state index in [1.807, 2.05) is 30.7 Å². The summed E-state index contributed by atoms with van der Waals surface area (Å²) < 4.78 is 1.82. The van der Waals surface area contributed by atoms with E-state index < -0.39 is 0 Å². The van der Waals surface area contributed by atoms with E-state index in [2.05, 4.69) is 15.5 Å². The van der Waals surface area contributed by atoms with Crippen molar-refractivity contribution < 1.29 is 0 Å². The number of nitrogens with two attached hydrogens (primary N) is 1. The fraction of sp³-hybridized carbons (Fsp3) is 0.333. The third kappa shape index (κ3) is 2.25. The summed E-state index contributed by atoms with van der Waals surface area (Å²) in [4.78, 5) is 4.38. The second-order valence-electron chi connectivity index (χ2n) is 4.00. The van der Waals surface area contributed by atoms with E-state index in [9.17, 15) is 0 Å². The van der Waals surface area contributed by atoms with Gasteiger partial charge in [0.1, 0.15) is 6.04 Å². The minimum absolute atomic E-state index is 0.263. The molecule has 96 valence electrons. The van der Waals surface area contributed by atoms with Crippen molar-refractivity contribution in [2.75, 3.05) is 0 Å². The van der Waals surface area contributed by atoms with Crippen molar-refractivity contribution in [1.29, 1.82) is 0 Å². The maximum absolute atomic E-state index is 6.19.